The summed E-state index contributed by atoms with van der Waals surface area (Å²) in [4.78, 5) is 52.0. The van der Waals surface area contributed by atoms with Gasteiger partial charge in [0.05, 0.1) is 6.61 Å². The second-order valence-electron chi connectivity index (χ2n) is 5.96. The maximum atomic E-state index is 11.8. The van der Waals surface area contributed by atoms with Gasteiger partial charge in [-0.25, -0.2) is 33.5 Å². The quantitative estimate of drug-likeness (QED) is 0.126. The third-order valence-corrected chi connectivity index (χ3v) is 7.43. The molecular weight excluding hydrogens is 509 g/mol. The Morgan fingerprint density at radius 1 is 1.09 bits per heavy atom. The second kappa shape index (κ2) is 8.32. The maximum absolute atomic E-state index is 11.8. The Bertz CT molecular complexity index is 1150. The Labute approximate surface area is 175 Å². The minimum atomic E-state index is -5.77. The van der Waals surface area contributed by atoms with Gasteiger partial charge in [-0.05, 0) is 0 Å². The van der Waals surface area contributed by atoms with Crippen LogP contribution in [0, 0.1) is 0 Å². The maximum Gasteiger partial charge on any atom is 0.490 e. The lowest BCUT2D eigenvalue weighted by Gasteiger charge is -2.28. The van der Waals surface area contributed by atoms with Crippen molar-refractivity contribution in [1.29, 1.82) is 0 Å². The standard InChI is InChI=1S/C9H15N6O14P3/c10-7-5-8(12-2-11-7)14(3-13-5)15-9(17,18)6(16)4(27-15)1-26-31(22,23)29-32(24,25)28-30(19,20)21/h2-4,6,16-18H,1H2,(H,22,23)(H,24,25)(H2,10,11,12)(H2,19,20,21)/t4-,6-/m1/s1. The number of phosphoric ester groups is 1. The molecule has 1 saturated heterocycles. The van der Waals surface area contributed by atoms with Crippen LogP contribution in [0.5, 0.6) is 0 Å². The van der Waals surface area contributed by atoms with Crippen molar-refractivity contribution in [2.75, 3.05) is 17.5 Å². The van der Waals surface area contributed by atoms with E-state index in [2.05, 4.69) is 28.1 Å². The summed E-state index contributed by atoms with van der Waals surface area (Å²) in [6.07, 6.45) is -2.07. The number of aliphatic hydroxyl groups excluding tert-OH is 1. The van der Waals surface area contributed by atoms with Gasteiger partial charge in [-0.3, -0.25) is 4.52 Å². The summed E-state index contributed by atoms with van der Waals surface area (Å²) >= 11 is 0. The van der Waals surface area contributed by atoms with E-state index >= 15 is 0 Å². The zero-order chi connectivity index (χ0) is 24.1. The Morgan fingerprint density at radius 3 is 2.38 bits per heavy atom. The average Bonchev–Trinajstić information content (AvgIpc) is 3.11. The Kier molecular flexibility index (Phi) is 6.50. The fourth-order valence-electron chi connectivity index (χ4n) is 2.40. The number of nitrogens with zero attached hydrogens (tertiary/aromatic N) is 5. The summed E-state index contributed by atoms with van der Waals surface area (Å²) in [7, 11) is -16.9. The number of aromatic nitrogens is 4. The molecule has 1 fully saturated rings. The Morgan fingerprint density at radius 2 is 1.75 bits per heavy atom. The average molecular weight is 524 g/mol. The number of rotatable bonds is 8. The molecule has 1 aliphatic heterocycles. The summed E-state index contributed by atoms with van der Waals surface area (Å²) in [6.45, 7) is -1.17. The van der Waals surface area contributed by atoms with Gasteiger partial charge in [0.2, 0.25) is 0 Å². The van der Waals surface area contributed by atoms with Crippen LogP contribution >= 0.6 is 23.5 Å². The molecule has 2 aromatic heterocycles. The molecular formula is C9H15N6O14P3. The van der Waals surface area contributed by atoms with Crippen LogP contribution in [-0.4, -0.2) is 79.2 Å². The molecule has 20 nitrogen and oxygen atoms in total. The van der Waals surface area contributed by atoms with Crippen molar-refractivity contribution in [2.24, 2.45) is 0 Å². The molecule has 9 N–H and O–H groups in total. The zero-order valence-electron chi connectivity index (χ0n) is 15.2. The molecule has 3 heterocycles. The van der Waals surface area contributed by atoms with Crippen LogP contribution in [0.1, 0.15) is 0 Å². The molecule has 0 amide bonds. The molecule has 0 radical (unpaired) electrons. The van der Waals surface area contributed by atoms with Gasteiger partial charge in [0, 0.05) is 0 Å². The highest BCUT2D eigenvalue weighted by atomic mass is 31.3. The molecule has 0 aromatic carbocycles. The molecule has 0 bridgehead atoms. The molecule has 3 rings (SSSR count). The molecule has 0 saturated carbocycles. The molecule has 2 aromatic rings. The Balaban J connectivity index is 1.74. The lowest BCUT2D eigenvalue weighted by atomic mass is 10.2. The fourth-order valence-corrected chi connectivity index (χ4v) is 5.43. The van der Waals surface area contributed by atoms with Gasteiger partial charge in [0.15, 0.2) is 23.1 Å². The highest BCUT2D eigenvalue weighted by molar-refractivity contribution is 7.66. The first-order valence-corrected chi connectivity index (χ1v) is 12.4. The molecule has 0 aliphatic carbocycles. The number of nitrogens with two attached hydrogens (primary N) is 1. The van der Waals surface area contributed by atoms with Gasteiger partial charge in [0.1, 0.15) is 18.8 Å². The SMILES string of the molecule is Nc1ncnc2c1ncn2N1O[C@H](COP(=O)(O)OP(=O)(O)OP(=O)(O)O)[C@@H](O)C1(O)O. The summed E-state index contributed by atoms with van der Waals surface area (Å²) in [5.74, 6) is -3.25. The number of nitrogen functional groups attached to an aromatic ring is 1. The van der Waals surface area contributed by atoms with E-state index in [1.165, 1.54) is 0 Å². The summed E-state index contributed by atoms with van der Waals surface area (Å²) in [6, 6.07) is 0. The van der Waals surface area contributed by atoms with E-state index in [4.69, 9.17) is 25.3 Å². The van der Waals surface area contributed by atoms with Crippen LogP contribution in [-0.2, 0) is 31.7 Å². The van der Waals surface area contributed by atoms with E-state index in [9.17, 15) is 33.9 Å². The monoisotopic (exact) mass is 524 g/mol. The van der Waals surface area contributed by atoms with Crippen molar-refractivity contribution < 1.29 is 66.6 Å². The van der Waals surface area contributed by atoms with Crippen molar-refractivity contribution in [3.05, 3.63) is 12.7 Å². The number of imidazole rings is 1. The van der Waals surface area contributed by atoms with Crippen molar-refractivity contribution in [1.82, 2.24) is 19.6 Å². The number of fused-ring (bicyclic) bond motifs is 1. The van der Waals surface area contributed by atoms with Gasteiger partial charge in [-0.1, -0.05) is 0 Å². The summed E-state index contributed by atoms with van der Waals surface area (Å²) in [5.41, 5.74) is 5.55. The third kappa shape index (κ3) is 5.30. The van der Waals surface area contributed by atoms with Crippen molar-refractivity contribution in [3.8, 4) is 0 Å². The van der Waals surface area contributed by atoms with E-state index in [0.717, 1.165) is 17.3 Å². The number of hydrogen-bond donors (Lipinski definition) is 8. The second-order valence-corrected chi connectivity index (χ2v) is 10.4. The topological polar surface area (TPSA) is 303 Å². The van der Waals surface area contributed by atoms with Crippen LogP contribution < -0.4 is 10.9 Å². The van der Waals surface area contributed by atoms with E-state index in [1.54, 1.807) is 0 Å². The minimum Gasteiger partial charge on any atom is -0.382 e. The van der Waals surface area contributed by atoms with Gasteiger partial charge in [0.25, 0.3) is 0 Å². The van der Waals surface area contributed by atoms with Gasteiger partial charge in [-0.2, -0.15) is 13.3 Å². The first kappa shape index (κ1) is 25.0. The first-order valence-electron chi connectivity index (χ1n) is 7.84. The van der Waals surface area contributed by atoms with Crippen LogP contribution in [0.4, 0.5) is 5.82 Å². The largest absolute Gasteiger partial charge is 0.490 e. The van der Waals surface area contributed by atoms with E-state index in [-0.39, 0.29) is 22.2 Å². The van der Waals surface area contributed by atoms with Crippen LogP contribution in [0.25, 0.3) is 11.2 Å². The van der Waals surface area contributed by atoms with Crippen LogP contribution in [0.15, 0.2) is 12.7 Å². The lowest BCUT2D eigenvalue weighted by Crippen LogP contribution is -2.55. The number of hydroxylamine groups is 1. The van der Waals surface area contributed by atoms with Crippen molar-refractivity contribution >= 4 is 40.4 Å². The normalized spacial score (nSPS) is 25.0. The predicted molar refractivity (Wildman–Crippen MR) is 95.8 cm³/mol. The van der Waals surface area contributed by atoms with Gasteiger partial charge < -0.3 is 40.6 Å². The third-order valence-electron chi connectivity index (χ3n) is 3.62. The minimum absolute atomic E-state index is 0.0260. The van der Waals surface area contributed by atoms with E-state index in [0.29, 0.717) is 0 Å². The highest BCUT2D eigenvalue weighted by Gasteiger charge is 2.56. The van der Waals surface area contributed by atoms with Crippen molar-refractivity contribution in [3.63, 3.8) is 0 Å². The first-order chi connectivity index (χ1) is 14.5. The number of anilines is 1. The molecule has 2 unspecified atom stereocenters. The zero-order valence-corrected chi connectivity index (χ0v) is 17.8. The number of aliphatic hydroxyl groups is 3. The summed E-state index contributed by atoms with van der Waals surface area (Å²) in [5, 5.41) is 30.8. The van der Waals surface area contributed by atoms with E-state index < -0.39 is 48.2 Å². The van der Waals surface area contributed by atoms with Gasteiger partial charge in [-0.15, -0.1) is 5.17 Å². The highest BCUT2D eigenvalue weighted by Crippen LogP contribution is 2.66. The molecule has 180 valence electrons. The molecule has 23 heteroatoms. The summed E-state index contributed by atoms with van der Waals surface area (Å²) < 4.78 is 45.9. The molecule has 4 atom stereocenters. The smallest absolute Gasteiger partial charge is 0.382 e. The van der Waals surface area contributed by atoms with Crippen molar-refractivity contribution in [2.45, 2.75) is 18.1 Å². The van der Waals surface area contributed by atoms with Crippen LogP contribution in [0.2, 0.25) is 0 Å². The molecule has 32 heavy (non-hydrogen) atoms. The van der Waals surface area contributed by atoms with Crippen LogP contribution in [0.3, 0.4) is 0 Å². The number of hydrogen-bond acceptors (Lipinski definition) is 15. The fraction of sp³-hybridized carbons (Fsp3) is 0.444. The van der Waals surface area contributed by atoms with Gasteiger partial charge >= 0.3 is 29.4 Å². The Hall–Kier alpha value is -1.60. The lowest BCUT2D eigenvalue weighted by molar-refractivity contribution is -0.227. The number of phosphoric acid groups is 3. The molecule has 0 spiro atoms. The van der Waals surface area contributed by atoms with E-state index in [1.807, 2.05) is 0 Å². The molecule has 1 aliphatic rings. The predicted octanol–water partition coefficient (Wildman–Crippen LogP) is -3.00.